The molecule has 1 unspecified atom stereocenters. The quantitative estimate of drug-likeness (QED) is 0.769. The molecular weight excluding hydrogens is 370 g/mol. The molecule has 0 radical (unpaired) electrons. The van der Waals surface area contributed by atoms with Crippen molar-refractivity contribution in [1.29, 1.82) is 0 Å². The molecule has 3 rings (SSSR count). The summed E-state index contributed by atoms with van der Waals surface area (Å²) in [6, 6.07) is 7.77. The second-order valence-corrected chi connectivity index (χ2v) is 7.41. The zero-order valence-corrected chi connectivity index (χ0v) is 16.8. The highest BCUT2D eigenvalue weighted by Gasteiger charge is 2.22. The predicted molar refractivity (Wildman–Crippen MR) is 109 cm³/mol. The first-order valence-corrected chi connectivity index (χ1v) is 9.65. The minimum absolute atomic E-state index is 0. The molecule has 1 atom stereocenters. The molecule has 26 heavy (non-hydrogen) atoms. The fourth-order valence-electron chi connectivity index (χ4n) is 3.35. The van der Waals surface area contributed by atoms with Crippen LogP contribution in [0.4, 0.5) is 5.13 Å². The lowest BCUT2D eigenvalue weighted by molar-refractivity contribution is -0.117. The van der Waals surface area contributed by atoms with E-state index in [9.17, 15) is 4.79 Å². The summed E-state index contributed by atoms with van der Waals surface area (Å²) >= 11 is 1.45. The molecule has 2 heterocycles. The highest BCUT2D eigenvalue weighted by molar-refractivity contribution is 7.14. The zero-order chi connectivity index (χ0) is 17.6. The lowest BCUT2D eigenvalue weighted by Crippen LogP contribution is -2.32. The second-order valence-electron chi connectivity index (χ2n) is 6.56. The molecule has 142 valence electrons. The van der Waals surface area contributed by atoms with Gasteiger partial charge in [-0.3, -0.25) is 4.79 Å². The van der Waals surface area contributed by atoms with Gasteiger partial charge in [0.25, 0.3) is 0 Å². The first kappa shape index (κ1) is 20.7. The van der Waals surface area contributed by atoms with Gasteiger partial charge in [0.05, 0.1) is 12.8 Å². The van der Waals surface area contributed by atoms with Crippen LogP contribution in [0.25, 0.3) is 11.3 Å². The highest BCUT2D eigenvalue weighted by Crippen LogP contribution is 2.32. The summed E-state index contributed by atoms with van der Waals surface area (Å²) in [4.78, 5) is 16.9. The maximum absolute atomic E-state index is 12.3. The Balaban J connectivity index is 0.00000243. The highest BCUT2D eigenvalue weighted by atomic mass is 35.5. The number of thiazole rings is 1. The summed E-state index contributed by atoms with van der Waals surface area (Å²) < 4.78 is 5.38. The lowest BCUT2D eigenvalue weighted by Gasteiger charge is -2.27. The molecule has 7 heteroatoms. The van der Waals surface area contributed by atoms with Crippen molar-refractivity contribution >= 4 is 34.8 Å². The number of aromatic nitrogens is 1. The van der Waals surface area contributed by atoms with Crippen molar-refractivity contribution in [1.82, 2.24) is 10.3 Å². The largest absolute Gasteiger partial charge is 0.496 e. The van der Waals surface area contributed by atoms with Crippen molar-refractivity contribution in [3.8, 4) is 17.0 Å². The van der Waals surface area contributed by atoms with Crippen molar-refractivity contribution < 1.29 is 9.53 Å². The Kier molecular flexibility index (Phi) is 7.87. The lowest BCUT2D eigenvalue weighted by atomic mass is 9.84. The zero-order valence-electron chi connectivity index (χ0n) is 15.2. The fraction of sp³-hybridized carbons (Fsp3) is 0.474. The molecule has 0 spiro atoms. The van der Waals surface area contributed by atoms with Gasteiger partial charge in [0, 0.05) is 17.4 Å². The van der Waals surface area contributed by atoms with Crippen LogP contribution in [-0.2, 0) is 4.79 Å². The summed E-state index contributed by atoms with van der Waals surface area (Å²) in [5.41, 5.74) is 1.76. The Hall–Kier alpha value is -1.63. The molecule has 1 amide bonds. The van der Waals surface area contributed by atoms with Gasteiger partial charge in [-0.25, -0.2) is 4.98 Å². The number of rotatable bonds is 6. The second kappa shape index (κ2) is 9.90. The molecule has 0 bridgehead atoms. The number of anilines is 1. The molecule has 5 nitrogen and oxygen atoms in total. The van der Waals surface area contributed by atoms with Gasteiger partial charge in [-0.1, -0.05) is 19.1 Å². The van der Waals surface area contributed by atoms with Crippen LogP contribution in [0.5, 0.6) is 5.75 Å². The number of amides is 1. The van der Waals surface area contributed by atoms with E-state index in [1.165, 1.54) is 11.3 Å². The maximum atomic E-state index is 12.3. The summed E-state index contributed by atoms with van der Waals surface area (Å²) in [6.45, 7) is 4.30. The van der Waals surface area contributed by atoms with Crippen LogP contribution >= 0.6 is 23.7 Å². The molecule has 0 aliphatic carbocycles. The standard InChI is InChI=1S/C19H25N3O2S.ClH/c1-13(14-7-9-20-10-8-14)11-18(23)22-19-21-16(12-25-19)15-5-3-4-6-17(15)24-2;/h3-6,12-14,20H,7-11H2,1-2H3,(H,21,22,23);1H. The van der Waals surface area contributed by atoms with Gasteiger partial charge in [0.15, 0.2) is 5.13 Å². The summed E-state index contributed by atoms with van der Waals surface area (Å²) in [5, 5.41) is 8.91. The molecule has 2 aromatic rings. The van der Waals surface area contributed by atoms with Crippen LogP contribution in [0, 0.1) is 11.8 Å². The number of halogens is 1. The fourth-order valence-corrected chi connectivity index (χ4v) is 4.08. The summed E-state index contributed by atoms with van der Waals surface area (Å²) in [5.74, 6) is 1.86. The molecule has 0 saturated carbocycles. The van der Waals surface area contributed by atoms with Gasteiger partial charge in [-0.2, -0.15) is 0 Å². The first-order chi connectivity index (χ1) is 12.2. The smallest absolute Gasteiger partial charge is 0.226 e. The SMILES string of the molecule is COc1ccccc1-c1csc(NC(=O)CC(C)C2CCNCC2)n1.Cl. The van der Waals surface area contributed by atoms with Gasteiger partial charge < -0.3 is 15.4 Å². The molecule has 1 aliphatic heterocycles. The number of hydrogen-bond acceptors (Lipinski definition) is 5. The number of carbonyl (C=O) groups is 1. The number of nitrogens with one attached hydrogen (secondary N) is 2. The molecule has 1 aromatic heterocycles. The predicted octanol–water partition coefficient (Wildman–Crippen LogP) is 4.20. The number of methoxy groups -OCH3 is 1. The molecule has 1 aliphatic rings. The number of benzene rings is 1. The Labute approximate surface area is 165 Å². The normalized spacial score (nSPS) is 15.8. The number of nitrogens with zero attached hydrogens (tertiary/aromatic N) is 1. The van der Waals surface area contributed by atoms with E-state index in [2.05, 4.69) is 22.5 Å². The Morgan fingerprint density at radius 3 is 2.85 bits per heavy atom. The molecule has 2 N–H and O–H groups in total. The van der Waals surface area contributed by atoms with Gasteiger partial charge in [0.1, 0.15) is 5.75 Å². The van der Waals surface area contributed by atoms with Crippen molar-refractivity contribution in [2.75, 3.05) is 25.5 Å². The summed E-state index contributed by atoms with van der Waals surface area (Å²) in [7, 11) is 1.65. The topological polar surface area (TPSA) is 63.2 Å². The minimum Gasteiger partial charge on any atom is -0.496 e. The van der Waals surface area contributed by atoms with E-state index < -0.39 is 0 Å². The number of ether oxygens (including phenoxy) is 1. The van der Waals surface area contributed by atoms with Crippen LogP contribution in [0.3, 0.4) is 0 Å². The summed E-state index contributed by atoms with van der Waals surface area (Å²) in [6.07, 6.45) is 2.86. The number of piperidine rings is 1. The number of para-hydroxylation sites is 1. The van der Waals surface area contributed by atoms with Gasteiger partial charge >= 0.3 is 0 Å². The number of carbonyl (C=O) groups excluding carboxylic acids is 1. The Bertz CT molecular complexity index is 716. The average Bonchev–Trinajstić information content (AvgIpc) is 3.10. The van der Waals surface area contributed by atoms with Crippen LogP contribution in [0.15, 0.2) is 29.6 Å². The van der Waals surface area contributed by atoms with E-state index in [1.807, 2.05) is 29.6 Å². The Morgan fingerprint density at radius 1 is 1.38 bits per heavy atom. The van der Waals surface area contributed by atoms with E-state index in [-0.39, 0.29) is 18.3 Å². The van der Waals surface area contributed by atoms with E-state index in [1.54, 1.807) is 7.11 Å². The van der Waals surface area contributed by atoms with Crippen molar-refractivity contribution in [3.05, 3.63) is 29.6 Å². The van der Waals surface area contributed by atoms with Gasteiger partial charge in [-0.05, 0) is 49.9 Å². The third-order valence-corrected chi connectivity index (χ3v) is 5.59. The van der Waals surface area contributed by atoms with Crippen molar-refractivity contribution in [2.24, 2.45) is 11.8 Å². The van der Waals surface area contributed by atoms with Crippen molar-refractivity contribution in [2.45, 2.75) is 26.2 Å². The molecule has 1 aromatic carbocycles. The van der Waals surface area contributed by atoms with Crippen LogP contribution in [0.1, 0.15) is 26.2 Å². The van der Waals surface area contributed by atoms with Gasteiger partial charge in [0.2, 0.25) is 5.91 Å². The van der Waals surface area contributed by atoms with E-state index in [0.717, 1.165) is 42.9 Å². The average molecular weight is 396 g/mol. The van der Waals surface area contributed by atoms with Crippen LogP contribution < -0.4 is 15.4 Å². The molecule has 1 fully saturated rings. The minimum atomic E-state index is 0. The van der Waals surface area contributed by atoms with E-state index in [0.29, 0.717) is 23.4 Å². The monoisotopic (exact) mass is 395 g/mol. The third kappa shape index (κ3) is 5.19. The Morgan fingerprint density at radius 2 is 2.12 bits per heavy atom. The molecular formula is C19H26ClN3O2S. The first-order valence-electron chi connectivity index (χ1n) is 8.77. The molecule has 1 saturated heterocycles. The van der Waals surface area contributed by atoms with E-state index in [4.69, 9.17) is 4.74 Å². The third-order valence-electron chi connectivity index (χ3n) is 4.83. The maximum Gasteiger partial charge on any atom is 0.226 e. The van der Waals surface area contributed by atoms with Crippen LogP contribution in [0.2, 0.25) is 0 Å². The van der Waals surface area contributed by atoms with Crippen LogP contribution in [-0.4, -0.2) is 31.1 Å². The van der Waals surface area contributed by atoms with E-state index >= 15 is 0 Å². The van der Waals surface area contributed by atoms with Crippen molar-refractivity contribution in [3.63, 3.8) is 0 Å². The van der Waals surface area contributed by atoms with Gasteiger partial charge in [-0.15, -0.1) is 23.7 Å². The number of hydrogen-bond donors (Lipinski definition) is 2.